The van der Waals surface area contributed by atoms with E-state index in [0.717, 1.165) is 0 Å². The largest absolute Gasteiger partial charge is 0.469 e. The van der Waals surface area contributed by atoms with E-state index in [0.29, 0.717) is 12.8 Å². The van der Waals surface area contributed by atoms with E-state index in [1.54, 1.807) is 6.92 Å². The van der Waals surface area contributed by atoms with Gasteiger partial charge in [-0.1, -0.05) is 0 Å². The molecule has 0 saturated carbocycles. The first-order chi connectivity index (χ1) is 4.70. The Labute approximate surface area is 60.6 Å². The molecule has 0 N–H and O–H groups in total. The van der Waals surface area contributed by atoms with Crippen LogP contribution in [0.5, 0.6) is 0 Å². The molecule has 3 nitrogen and oxygen atoms in total. The lowest BCUT2D eigenvalue weighted by atomic mass is 10.1. The van der Waals surface area contributed by atoms with Gasteiger partial charge in [-0.3, -0.25) is 4.79 Å². The Morgan fingerprint density at radius 3 is 2.80 bits per heavy atom. The molecular formula is C7H11NO2. The summed E-state index contributed by atoms with van der Waals surface area (Å²) >= 11 is 0. The third-order valence-corrected chi connectivity index (χ3v) is 1.23. The van der Waals surface area contributed by atoms with Crippen molar-refractivity contribution in [3.63, 3.8) is 0 Å². The summed E-state index contributed by atoms with van der Waals surface area (Å²) in [6, 6.07) is 2.04. The molecule has 56 valence electrons. The molecule has 0 amide bonds. The van der Waals surface area contributed by atoms with Gasteiger partial charge in [0.15, 0.2) is 0 Å². The Bertz CT molecular complexity index is 148. The summed E-state index contributed by atoms with van der Waals surface area (Å²) in [5.41, 5.74) is 0. The number of carbonyl (C=O) groups is 1. The van der Waals surface area contributed by atoms with Crippen LogP contribution in [-0.2, 0) is 9.53 Å². The fraction of sp³-hybridized carbons (Fsp3) is 0.714. The summed E-state index contributed by atoms with van der Waals surface area (Å²) in [6.45, 7) is 1.78. The molecule has 0 radical (unpaired) electrons. The van der Waals surface area contributed by atoms with Crippen molar-refractivity contribution in [2.45, 2.75) is 19.8 Å². The molecule has 1 atom stereocenters. The fourth-order valence-corrected chi connectivity index (χ4v) is 0.501. The number of esters is 1. The van der Waals surface area contributed by atoms with Crippen LogP contribution in [0.25, 0.3) is 0 Å². The highest BCUT2D eigenvalue weighted by Crippen LogP contribution is 2.03. The van der Waals surface area contributed by atoms with Crippen molar-refractivity contribution in [3.05, 3.63) is 0 Å². The number of nitriles is 1. The maximum atomic E-state index is 10.5. The Morgan fingerprint density at radius 2 is 2.40 bits per heavy atom. The predicted molar refractivity (Wildman–Crippen MR) is 36.0 cm³/mol. The number of carbonyl (C=O) groups excluding carboxylic acids is 1. The van der Waals surface area contributed by atoms with E-state index < -0.39 is 0 Å². The molecule has 0 spiro atoms. The van der Waals surface area contributed by atoms with Crippen molar-refractivity contribution < 1.29 is 9.53 Å². The number of methoxy groups -OCH3 is 1. The minimum atomic E-state index is -0.248. The Hall–Kier alpha value is -1.04. The topological polar surface area (TPSA) is 50.1 Å². The van der Waals surface area contributed by atoms with E-state index in [1.807, 2.05) is 6.07 Å². The van der Waals surface area contributed by atoms with Crippen molar-refractivity contribution in [2.24, 2.45) is 5.92 Å². The second kappa shape index (κ2) is 4.80. The number of hydrogen-bond acceptors (Lipinski definition) is 3. The van der Waals surface area contributed by atoms with Crippen LogP contribution in [0.15, 0.2) is 0 Å². The number of hydrogen-bond donors (Lipinski definition) is 0. The molecule has 0 aliphatic rings. The summed E-state index contributed by atoms with van der Waals surface area (Å²) in [4.78, 5) is 10.5. The maximum Gasteiger partial charge on any atom is 0.305 e. The van der Waals surface area contributed by atoms with Gasteiger partial charge in [0.25, 0.3) is 0 Å². The Kier molecular flexibility index (Phi) is 4.30. The average Bonchev–Trinajstić information content (AvgIpc) is 1.99. The van der Waals surface area contributed by atoms with Crippen LogP contribution in [0.3, 0.4) is 0 Å². The van der Waals surface area contributed by atoms with Gasteiger partial charge in [0.1, 0.15) is 0 Å². The summed E-state index contributed by atoms with van der Waals surface area (Å²) in [5, 5.41) is 8.32. The van der Waals surface area contributed by atoms with Gasteiger partial charge in [-0.15, -0.1) is 0 Å². The average molecular weight is 141 g/mol. The van der Waals surface area contributed by atoms with Gasteiger partial charge in [0, 0.05) is 12.3 Å². The molecule has 0 heterocycles. The zero-order valence-corrected chi connectivity index (χ0v) is 6.26. The quantitative estimate of drug-likeness (QED) is 0.553. The first-order valence-electron chi connectivity index (χ1n) is 3.17. The molecule has 0 saturated heterocycles. The second-order valence-electron chi connectivity index (χ2n) is 2.14. The lowest BCUT2D eigenvalue weighted by molar-refractivity contribution is -0.140. The van der Waals surface area contributed by atoms with Gasteiger partial charge >= 0.3 is 5.97 Å². The van der Waals surface area contributed by atoms with Gasteiger partial charge in [-0.05, 0) is 13.3 Å². The van der Waals surface area contributed by atoms with E-state index in [-0.39, 0.29) is 11.9 Å². The molecule has 0 aliphatic carbocycles. The molecule has 0 aromatic heterocycles. The van der Waals surface area contributed by atoms with Crippen molar-refractivity contribution in [2.75, 3.05) is 7.11 Å². The molecule has 0 unspecified atom stereocenters. The zero-order valence-electron chi connectivity index (χ0n) is 6.26. The molecule has 0 aromatic rings. The van der Waals surface area contributed by atoms with E-state index >= 15 is 0 Å². The first-order valence-corrected chi connectivity index (χ1v) is 3.17. The second-order valence-corrected chi connectivity index (χ2v) is 2.14. The molecule has 0 rings (SSSR count). The summed E-state index contributed by atoms with van der Waals surface area (Å²) in [5.74, 6) is -0.304. The SMILES string of the molecule is COC(=O)CC[C@H](C)C#N. The summed E-state index contributed by atoms with van der Waals surface area (Å²) in [6.07, 6.45) is 0.925. The van der Waals surface area contributed by atoms with E-state index in [9.17, 15) is 4.79 Å². The minimum Gasteiger partial charge on any atom is -0.469 e. The molecule has 3 heteroatoms. The van der Waals surface area contributed by atoms with Crippen LogP contribution in [-0.4, -0.2) is 13.1 Å². The van der Waals surface area contributed by atoms with Gasteiger partial charge in [0.05, 0.1) is 13.2 Å². The van der Waals surface area contributed by atoms with Crippen LogP contribution in [0.2, 0.25) is 0 Å². The summed E-state index contributed by atoms with van der Waals surface area (Å²) < 4.78 is 4.40. The number of rotatable bonds is 3. The smallest absolute Gasteiger partial charge is 0.305 e. The third-order valence-electron chi connectivity index (χ3n) is 1.23. The molecule has 0 aromatic carbocycles. The fourth-order valence-electron chi connectivity index (χ4n) is 0.501. The van der Waals surface area contributed by atoms with Crippen LogP contribution in [0.1, 0.15) is 19.8 Å². The molecule has 10 heavy (non-hydrogen) atoms. The lowest BCUT2D eigenvalue weighted by Gasteiger charge is -1.99. The van der Waals surface area contributed by atoms with Crippen molar-refractivity contribution in [1.82, 2.24) is 0 Å². The Balaban J connectivity index is 3.37. The first kappa shape index (κ1) is 8.96. The van der Waals surface area contributed by atoms with E-state index in [4.69, 9.17) is 5.26 Å². The highest BCUT2D eigenvalue weighted by atomic mass is 16.5. The van der Waals surface area contributed by atoms with Crippen molar-refractivity contribution in [1.29, 1.82) is 5.26 Å². The normalized spacial score (nSPS) is 11.7. The highest BCUT2D eigenvalue weighted by Gasteiger charge is 2.04. The highest BCUT2D eigenvalue weighted by molar-refractivity contribution is 5.69. The van der Waals surface area contributed by atoms with Crippen LogP contribution < -0.4 is 0 Å². The van der Waals surface area contributed by atoms with E-state index in [2.05, 4.69) is 4.74 Å². The standard InChI is InChI=1S/C7H11NO2/c1-6(5-8)3-4-7(9)10-2/h6H,3-4H2,1-2H3/t6-/m0/s1. The molecule has 0 fully saturated rings. The van der Waals surface area contributed by atoms with Gasteiger partial charge < -0.3 is 4.74 Å². The van der Waals surface area contributed by atoms with Gasteiger partial charge in [0.2, 0.25) is 0 Å². The van der Waals surface area contributed by atoms with Gasteiger partial charge in [-0.2, -0.15) is 5.26 Å². The number of ether oxygens (including phenoxy) is 1. The number of nitrogens with zero attached hydrogens (tertiary/aromatic N) is 1. The van der Waals surface area contributed by atoms with Gasteiger partial charge in [-0.25, -0.2) is 0 Å². The van der Waals surface area contributed by atoms with Crippen LogP contribution in [0.4, 0.5) is 0 Å². The lowest BCUT2D eigenvalue weighted by Crippen LogP contribution is -2.02. The maximum absolute atomic E-state index is 10.5. The molecular weight excluding hydrogens is 130 g/mol. The Morgan fingerprint density at radius 1 is 1.80 bits per heavy atom. The van der Waals surface area contributed by atoms with Crippen LogP contribution >= 0.6 is 0 Å². The monoisotopic (exact) mass is 141 g/mol. The molecule has 0 aliphatic heterocycles. The third kappa shape index (κ3) is 3.90. The predicted octanol–water partition coefficient (Wildman–Crippen LogP) is 1.10. The van der Waals surface area contributed by atoms with Crippen LogP contribution in [0, 0.1) is 17.2 Å². The summed E-state index contributed by atoms with van der Waals surface area (Å²) in [7, 11) is 1.35. The zero-order chi connectivity index (χ0) is 7.98. The molecule has 0 bridgehead atoms. The minimum absolute atomic E-state index is 0.0564. The van der Waals surface area contributed by atoms with Crippen molar-refractivity contribution >= 4 is 5.97 Å². The van der Waals surface area contributed by atoms with E-state index in [1.165, 1.54) is 7.11 Å². The van der Waals surface area contributed by atoms with Crippen molar-refractivity contribution in [3.8, 4) is 6.07 Å².